The van der Waals surface area contributed by atoms with Crippen molar-refractivity contribution in [3.8, 4) is 0 Å². The summed E-state index contributed by atoms with van der Waals surface area (Å²) in [5.74, 6) is 0. The summed E-state index contributed by atoms with van der Waals surface area (Å²) in [7, 11) is 0. The van der Waals surface area contributed by atoms with Crippen LogP contribution in [0.3, 0.4) is 0 Å². The van der Waals surface area contributed by atoms with Gasteiger partial charge in [-0.1, -0.05) is 19.1 Å². The van der Waals surface area contributed by atoms with Gasteiger partial charge in [0.2, 0.25) is 0 Å². The summed E-state index contributed by atoms with van der Waals surface area (Å²) >= 11 is 0. The maximum atomic E-state index is 3.63. The van der Waals surface area contributed by atoms with Crippen LogP contribution >= 0.6 is 0 Å². The Balaban J connectivity index is 1.95. The van der Waals surface area contributed by atoms with Gasteiger partial charge in [0.1, 0.15) is 0 Å². The second kappa shape index (κ2) is 5.13. The molecule has 2 heteroatoms. The Kier molecular flexibility index (Phi) is 3.81. The first-order valence-corrected chi connectivity index (χ1v) is 6.45. The van der Waals surface area contributed by atoms with E-state index in [0.717, 1.165) is 6.04 Å². The minimum absolute atomic E-state index is 0.712. The van der Waals surface area contributed by atoms with E-state index in [4.69, 9.17) is 0 Å². The van der Waals surface area contributed by atoms with Crippen molar-refractivity contribution in [1.82, 2.24) is 10.2 Å². The van der Waals surface area contributed by atoms with Crippen LogP contribution in [0.2, 0.25) is 0 Å². The van der Waals surface area contributed by atoms with E-state index in [9.17, 15) is 0 Å². The van der Waals surface area contributed by atoms with E-state index >= 15 is 0 Å². The molecule has 2 aliphatic rings. The van der Waals surface area contributed by atoms with Crippen LogP contribution in [0.4, 0.5) is 0 Å². The summed E-state index contributed by atoms with van der Waals surface area (Å²) in [5.41, 5.74) is 0. The molecule has 0 spiro atoms. The largest absolute Gasteiger partial charge is 0.311 e. The van der Waals surface area contributed by atoms with Gasteiger partial charge < -0.3 is 5.32 Å². The summed E-state index contributed by atoms with van der Waals surface area (Å²) in [4.78, 5) is 2.73. The van der Waals surface area contributed by atoms with E-state index < -0.39 is 0 Å². The minimum Gasteiger partial charge on any atom is -0.311 e. The van der Waals surface area contributed by atoms with Gasteiger partial charge in [0.05, 0.1) is 0 Å². The van der Waals surface area contributed by atoms with Gasteiger partial charge in [-0.2, -0.15) is 0 Å². The van der Waals surface area contributed by atoms with E-state index in [2.05, 4.69) is 36.2 Å². The Morgan fingerprint density at radius 2 is 2.27 bits per heavy atom. The number of hydrogen-bond donors (Lipinski definition) is 1. The van der Waals surface area contributed by atoms with Gasteiger partial charge in [-0.05, 0) is 32.6 Å². The van der Waals surface area contributed by atoms with Gasteiger partial charge >= 0.3 is 0 Å². The molecule has 0 radical (unpaired) electrons. The Morgan fingerprint density at radius 1 is 1.40 bits per heavy atom. The number of hydrogen-bond acceptors (Lipinski definition) is 2. The monoisotopic (exact) mass is 208 g/mol. The molecule has 0 bridgehead atoms. The molecule has 0 aromatic carbocycles. The number of piperazine rings is 1. The third-order valence-corrected chi connectivity index (χ3v) is 3.90. The normalized spacial score (nSPS) is 38.1. The molecule has 1 heterocycles. The zero-order chi connectivity index (χ0) is 10.7. The molecule has 1 N–H and O–H groups in total. The fourth-order valence-electron chi connectivity index (χ4n) is 2.81. The summed E-state index contributed by atoms with van der Waals surface area (Å²) in [6, 6.07) is 2.23. The van der Waals surface area contributed by atoms with Crippen LogP contribution < -0.4 is 5.32 Å². The number of nitrogens with one attached hydrogen (secondary N) is 1. The van der Waals surface area contributed by atoms with Gasteiger partial charge in [0.15, 0.2) is 0 Å². The molecule has 0 saturated carbocycles. The zero-order valence-corrected chi connectivity index (χ0v) is 10.1. The van der Waals surface area contributed by atoms with Crippen molar-refractivity contribution >= 4 is 0 Å². The van der Waals surface area contributed by atoms with Crippen LogP contribution in [0.5, 0.6) is 0 Å². The van der Waals surface area contributed by atoms with E-state index in [1.165, 1.54) is 38.8 Å². The van der Waals surface area contributed by atoms with Crippen LogP contribution in [-0.4, -0.2) is 36.1 Å². The van der Waals surface area contributed by atoms with Crippen LogP contribution in [-0.2, 0) is 0 Å². The van der Waals surface area contributed by atoms with Crippen LogP contribution in [0.1, 0.15) is 39.5 Å². The fraction of sp³-hybridized carbons (Fsp3) is 0.846. The van der Waals surface area contributed by atoms with Crippen molar-refractivity contribution in [3.05, 3.63) is 12.2 Å². The summed E-state index contributed by atoms with van der Waals surface area (Å²) in [5, 5.41) is 3.63. The third-order valence-electron chi connectivity index (χ3n) is 3.90. The summed E-state index contributed by atoms with van der Waals surface area (Å²) in [6.07, 6.45) is 9.85. The van der Waals surface area contributed by atoms with Gasteiger partial charge in [-0.15, -0.1) is 0 Å². The van der Waals surface area contributed by atoms with Crippen molar-refractivity contribution in [2.24, 2.45) is 0 Å². The van der Waals surface area contributed by atoms with Crippen LogP contribution in [0.25, 0.3) is 0 Å². The van der Waals surface area contributed by atoms with Gasteiger partial charge in [-0.25, -0.2) is 0 Å². The quantitative estimate of drug-likeness (QED) is 0.700. The average molecular weight is 208 g/mol. The molecule has 1 aliphatic heterocycles. The maximum Gasteiger partial charge on any atom is 0.0196 e. The molecule has 15 heavy (non-hydrogen) atoms. The van der Waals surface area contributed by atoms with E-state index in [-0.39, 0.29) is 0 Å². The second-order valence-electron chi connectivity index (χ2n) is 5.00. The summed E-state index contributed by atoms with van der Waals surface area (Å²) in [6.45, 7) is 7.05. The highest BCUT2D eigenvalue weighted by Gasteiger charge is 2.29. The Hall–Kier alpha value is -0.340. The predicted molar refractivity (Wildman–Crippen MR) is 65.0 cm³/mol. The van der Waals surface area contributed by atoms with Crippen molar-refractivity contribution in [3.63, 3.8) is 0 Å². The van der Waals surface area contributed by atoms with Crippen LogP contribution in [0.15, 0.2) is 12.2 Å². The highest BCUT2D eigenvalue weighted by Crippen LogP contribution is 2.22. The van der Waals surface area contributed by atoms with Crippen molar-refractivity contribution < 1.29 is 0 Å². The van der Waals surface area contributed by atoms with E-state index in [1.807, 2.05) is 0 Å². The molecule has 3 atom stereocenters. The Bertz CT molecular complexity index is 225. The molecule has 1 saturated heterocycles. The highest BCUT2D eigenvalue weighted by molar-refractivity contribution is 4.97. The molecule has 1 fully saturated rings. The molecule has 3 unspecified atom stereocenters. The average Bonchev–Trinajstić information content (AvgIpc) is 2.31. The van der Waals surface area contributed by atoms with E-state index in [1.54, 1.807) is 0 Å². The molecule has 1 aliphatic carbocycles. The molecule has 0 aromatic heterocycles. The van der Waals surface area contributed by atoms with Crippen molar-refractivity contribution in [2.75, 3.05) is 13.1 Å². The van der Waals surface area contributed by atoms with Gasteiger partial charge in [-0.3, -0.25) is 4.90 Å². The smallest absolute Gasteiger partial charge is 0.0196 e. The lowest BCUT2D eigenvalue weighted by molar-refractivity contribution is 0.0842. The standard InChI is InChI=1S/C13H24N2/c1-3-12-10-15(11(2)9-14-12)13-7-5-4-6-8-13/h4-5,11-14H,3,6-10H2,1-2H3. The van der Waals surface area contributed by atoms with Gasteiger partial charge in [0, 0.05) is 31.2 Å². The zero-order valence-electron chi connectivity index (χ0n) is 10.1. The first kappa shape index (κ1) is 11.2. The highest BCUT2D eigenvalue weighted by atomic mass is 15.2. The van der Waals surface area contributed by atoms with Gasteiger partial charge in [0.25, 0.3) is 0 Å². The van der Waals surface area contributed by atoms with E-state index in [0.29, 0.717) is 12.1 Å². The third kappa shape index (κ3) is 2.61. The maximum absolute atomic E-state index is 3.63. The fourth-order valence-corrected chi connectivity index (χ4v) is 2.81. The lowest BCUT2D eigenvalue weighted by Gasteiger charge is -2.43. The Morgan fingerprint density at radius 3 is 2.93 bits per heavy atom. The molecule has 86 valence electrons. The lowest BCUT2D eigenvalue weighted by atomic mass is 9.96. The number of nitrogens with zero attached hydrogens (tertiary/aromatic N) is 1. The molecular weight excluding hydrogens is 184 g/mol. The molecule has 0 aromatic rings. The number of rotatable bonds is 2. The molecule has 2 nitrogen and oxygen atoms in total. The molecule has 2 rings (SSSR count). The minimum atomic E-state index is 0.712. The van der Waals surface area contributed by atoms with Crippen molar-refractivity contribution in [1.29, 1.82) is 0 Å². The molecule has 0 amide bonds. The first-order chi connectivity index (χ1) is 7.31. The second-order valence-corrected chi connectivity index (χ2v) is 5.00. The van der Waals surface area contributed by atoms with Crippen molar-refractivity contribution in [2.45, 2.75) is 57.7 Å². The first-order valence-electron chi connectivity index (χ1n) is 6.45. The SMILES string of the molecule is CCC1CN(C2CC=CCC2)C(C)CN1. The topological polar surface area (TPSA) is 15.3 Å². The molecular formula is C13H24N2. The van der Waals surface area contributed by atoms with Crippen LogP contribution in [0, 0.1) is 0 Å². The lowest BCUT2D eigenvalue weighted by Crippen LogP contribution is -2.58. The number of allylic oxidation sites excluding steroid dienone is 1. The summed E-state index contributed by atoms with van der Waals surface area (Å²) < 4.78 is 0. The Labute approximate surface area is 93.7 Å². The predicted octanol–water partition coefficient (Wildman–Crippen LogP) is 2.17.